The van der Waals surface area contributed by atoms with Crippen molar-refractivity contribution in [2.24, 2.45) is 5.92 Å². The Balaban J connectivity index is 1.62. The molecule has 2 N–H and O–H groups in total. The number of piperidine rings is 1. The summed E-state index contributed by atoms with van der Waals surface area (Å²) in [5.41, 5.74) is 1.23. The average molecular weight is 340 g/mol. The van der Waals surface area contributed by atoms with Crippen molar-refractivity contribution in [3.63, 3.8) is 0 Å². The van der Waals surface area contributed by atoms with Gasteiger partial charge in [-0.25, -0.2) is 0 Å². The van der Waals surface area contributed by atoms with Gasteiger partial charge in [0.25, 0.3) is 0 Å². The maximum Gasteiger partial charge on any atom is 0.232 e. The molecule has 2 aromatic rings. The van der Waals surface area contributed by atoms with Crippen molar-refractivity contribution in [2.45, 2.75) is 26.3 Å². The van der Waals surface area contributed by atoms with E-state index in [0.717, 1.165) is 24.6 Å². The number of carbonyl (C=O) groups is 1. The van der Waals surface area contributed by atoms with Crippen LogP contribution in [0, 0.1) is 5.92 Å². The van der Waals surface area contributed by atoms with E-state index in [1.165, 1.54) is 17.7 Å². The van der Waals surface area contributed by atoms with E-state index < -0.39 is 0 Å². The number of nitrogens with one attached hydrogen (secondary N) is 1. The number of hydrogen-bond donors (Lipinski definition) is 2. The number of fused-ring (bicyclic) bond motifs is 1. The lowest BCUT2D eigenvalue weighted by Crippen LogP contribution is -3.11. The summed E-state index contributed by atoms with van der Waals surface area (Å²) in [6, 6.07) is 6.76. The molecule has 4 rings (SSSR count). The highest BCUT2D eigenvalue weighted by atomic mass is 16.5. The van der Waals surface area contributed by atoms with Crippen LogP contribution in [0.4, 0.5) is 0 Å². The van der Waals surface area contributed by atoms with Crippen LogP contribution in [0.1, 0.15) is 41.4 Å². The number of likely N-dealkylation sites (tertiary alicyclic amines) is 1. The van der Waals surface area contributed by atoms with E-state index in [-0.39, 0.29) is 17.3 Å². The molecule has 1 aromatic carbocycles. The number of hydrogen-bond acceptors (Lipinski definition) is 4. The first-order chi connectivity index (χ1) is 12.1. The summed E-state index contributed by atoms with van der Waals surface area (Å²) in [4.78, 5) is 14.0. The van der Waals surface area contributed by atoms with Crippen LogP contribution in [0.25, 0.3) is 6.08 Å². The minimum absolute atomic E-state index is 0.171. The van der Waals surface area contributed by atoms with Gasteiger partial charge in [0.05, 0.1) is 30.5 Å². The van der Waals surface area contributed by atoms with Crippen LogP contribution in [0.3, 0.4) is 0 Å². The quantitative estimate of drug-likeness (QED) is 0.843. The number of benzene rings is 1. The van der Waals surface area contributed by atoms with Gasteiger partial charge in [0.2, 0.25) is 5.78 Å². The van der Waals surface area contributed by atoms with Gasteiger partial charge in [0.1, 0.15) is 18.1 Å². The first-order valence-corrected chi connectivity index (χ1v) is 8.78. The summed E-state index contributed by atoms with van der Waals surface area (Å²) >= 11 is 0. The molecule has 5 nitrogen and oxygen atoms in total. The third-order valence-electron chi connectivity index (χ3n) is 5.14. The molecular weight excluding hydrogens is 318 g/mol. The highest BCUT2D eigenvalue weighted by Crippen LogP contribution is 2.39. The van der Waals surface area contributed by atoms with E-state index in [9.17, 15) is 9.90 Å². The number of allylic oxidation sites excluding steroid dienone is 1. The SMILES string of the molecule is CC1CC[NH+](Cc2c(O)ccc3c2O/C(=C\c2ccco2)C3=O)CC1. The van der Waals surface area contributed by atoms with E-state index in [2.05, 4.69) is 6.92 Å². The predicted octanol–water partition coefficient (Wildman–Crippen LogP) is 2.42. The van der Waals surface area contributed by atoms with Crippen LogP contribution in [0.2, 0.25) is 0 Å². The van der Waals surface area contributed by atoms with Gasteiger partial charge >= 0.3 is 0 Å². The minimum atomic E-state index is -0.171. The number of rotatable bonds is 3. The second-order valence-corrected chi connectivity index (χ2v) is 7.00. The van der Waals surface area contributed by atoms with Crippen molar-refractivity contribution < 1.29 is 24.0 Å². The Labute approximate surface area is 146 Å². The van der Waals surface area contributed by atoms with Crippen molar-refractivity contribution in [3.05, 3.63) is 53.2 Å². The molecule has 0 spiro atoms. The molecule has 1 saturated heterocycles. The Morgan fingerprint density at radius 1 is 1.28 bits per heavy atom. The molecule has 1 aromatic heterocycles. The van der Waals surface area contributed by atoms with Gasteiger partial charge in [-0.15, -0.1) is 0 Å². The molecule has 2 aliphatic rings. The van der Waals surface area contributed by atoms with Crippen molar-refractivity contribution in [3.8, 4) is 11.5 Å². The van der Waals surface area contributed by atoms with Crippen molar-refractivity contribution >= 4 is 11.9 Å². The van der Waals surface area contributed by atoms with Gasteiger partial charge in [-0.05, 0) is 43.0 Å². The predicted molar refractivity (Wildman–Crippen MR) is 92.5 cm³/mol. The van der Waals surface area contributed by atoms with Crippen LogP contribution in [0.15, 0.2) is 40.7 Å². The van der Waals surface area contributed by atoms with Crippen LogP contribution in [-0.4, -0.2) is 24.0 Å². The Kier molecular flexibility index (Phi) is 4.09. The highest BCUT2D eigenvalue weighted by molar-refractivity contribution is 6.14. The number of Topliss-reactive ketones (excluding diaryl/α,β-unsaturated/α-hetero) is 1. The lowest BCUT2D eigenvalue weighted by atomic mass is 9.98. The molecule has 0 unspecified atom stereocenters. The zero-order valence-electron chi connectivity index (χ0n) is 14.2. The van der Waals surface area contributed by atoms with E-state index in [4.69, 9.17) is 9.15 Å². The maximum atomic E-state index is 12.6. The number of carbonyl (C=O) groups excluding carboxylic acids is 1. The Bertz CT molecular complexity index is 814. The van der Waals surface area contributed by atoms with Gasteiger partial charge in [-0.1, -0.05) is 6.92 Å². The first kappa shape index (κ1) is 16.0. The molecule has 1 fully saturated rings. The zero-order chi connectivity index (χ0) is 17.4. The number of phenols is 1. The average Bonchev–Trinajstić information content (AvgIpc) is 3.22. The fourth-order valence-electron chi connectivity index (χ4n) is 3.57. The van der Waals surface area contributed by atoms with Gasteiger partial charge in [-0.3, -0.25) is 4.79 Å². The summed E-state index contributed by atoms with van der Waals surface area (Å²) < 4.78 is 11.1. The molecule has 2 aliphatic heterocycles. The summed E-state index contributed by atoms with van der Waals surface area (Å²) in [5.74, 6) is 2.08. The molecule has 0 atom stereocenters. The highest BCUT2D eigenvalue weighted by Gasteiger charge is 2.33. The largest absolute Gasteiger partial charge is 0.507 e. The van der Waals surface area contributed by atoms with Crippen molar-refractivity contribution in [2.75, 3.05) is 13.1 Å². The molecule has 0 saturated carbocycles. The van der Waals surface area contributed by atoms with Crippen molar-refractivity contribution in [1.82, 2.24) is 0 Å². The molecule has 25 heavy (non-hydrogen) atoms. The topological polar surface area (TPSA) is 64.1 Å². The monoisotopic (exact) mass is 340 g/mol. The van der Waals surface area contributed by atoms with Crippen LogP contribution >= 0.6 is 0 Å². The lowest BCUT2D eigenvalue weighted by molar-refractivity contribution is -0.919. The molecular formula is C20H22NO4+. The van der Waals surface area contributed by atoms with Gasteiger partial charge in [0, 0.05) is 6.08 Å². The Morgan fingerprint density at radius 3 is 2.80 bits per heavy atom. The third kappa shape index (κ3) is 3.07. The first-order valence-electron chi connectivity index (χ1n) is 8.78. The number of phenolic OH excluding ortho intramolecular Hbond substituents is 1. The number of ketones is 1. The Hall–Kier alpha value is -2.53. The van der Waals surface area contributed by atoms with Gasteiger partial charge in [-0.2, -0.15) is 0 Å². The summed E-state index contributed by atoms with van der Waals surface area (Å²) in [6.45, 7) is 5.10. The normalized spacial score (nSPS) is 24.4. The van der Waals surface area contributed by atoms with Gasteiger partial charge in [0.15, 0.2) is 11.5 Å². The lowest BCUT2D eigenvalue weighted by Gasteiger charge is -2.27. The minimum Gasteiger partial charge on any atom is -0.507 e. The molecule has 0 aliphatic carbocycles. The maximum absolute atomic E-state index is 12.6. The fraction of sp³-hybridized carbons (Fsp3) is 0.350. The number of aromatic hydroxyl groups is 1. The van der Waals surface area contributed by atoms with E-state index in [1.54, 1.807) is 36.6 Å². The van der Waals surface area contributed by atoms with Crippen molar-refractivity contribution in [1.29, 1.82) is 0 Å². The third-order valence-corrected chi connectivity index (χ3v) is 5.14. The fourth-order valence-corrected chi connectivity index (χ4v) is 3.57. The standard InChI is InChI=1S/C20H21NO4/c1-13-6-8-21(9-7-13)12-16-17(22)5-4-15-19(23)18(25-20(15)16)11-14-3-2-10-24-14/h2-5,10-11,13,22H,6-9,12H2,1H3/p+1/b18-11-. The molecule has 130 valence electrons. The number of furan rings is 1. The zero-order valence-corrected chi connectivity index (χ0v) is 14.2. The molecule has 0 bridgehead atoms. The Morgan fingerprint density at radius 2 is 2.08 bits per heavy atom. The van der Waals surface area contributed by atoms with Gasteiger partial charge < -0.3 is 19.2 Å². The van der Waals surface area contributed by atoms with E-state index >= 15 is 0 Å². The van der Waals surface area contributed by atoms with Crippen LogP contribution in [0.5, 0.6) is 11.5 Å². The molecule has 0 amide bonds. The summed E-state index contributed by atoms with van der Waals surface area (Å²) in [6.07, 6.45) is 5.53. The van der Waals surface area contributed by atoms with E-state index in [1.807, 2.05) is 0 Å². The smallest absolute Gasteiger partial charge is 0.232 e. The molecule has 0 radical (unpaired) electrons. The summed E-state index contributed by atoms with van der Waals surface area (Å²) in [7, 11) is 0. The molecule has 5 heteroatoms. The number of quaternary nitrogens is 1. The van der Waals surface area contributed by atoms with Crippen LogP contribution < -0.4 is 9.64 Å². The molecule has 3 heterocycles. The second-order valence-electron chi connectivity index (χ2n) is 7.00. The number of ether oxygens (including phenoxy) is 1. The van der Waals surface area contributed by atoms with Crippen LogP contribution in [-0.2, 0) is 6.54 Å². The van der Waals surface area contributed by atoms with E-state index in [0.29, 0.717) is 23.6 Å². The summed E-state index contributed by atoms with van der Waals surface area (Å²) in [5, 5.41) is 10.3. The second kappa shape index (κ2) is 6.41.